The SMILES string of the molecule is CCCc1ccc(C(=O)CCC(=O)Nc2ccc(CN3CCCC(C(N)=O)C3)cc2)cc1. The fourth-order valence-electron chi connectivity index (χ4n) is 4.12. The second-order valence-electron chi connectivity index (χ2n) is 8.59. The Hall–Kier alpha value is -2.99. The number of amides is 2. The normalized spacial score (nSPS) is 16.5. The molecule has 2 amide bonds. The van der Waals surface area contributed by atoms with Gasteiger partial charge in [-0.3, -0.25) is 19.3 Å². The molecule has 6 nitrogen and oxygen atoms in total. The van der Waals surface area contributed by atoms with E-state index in [1.807, 2.05) is 48.5 Å². The molecule has 32 heavy (non-hydrogen) atoms. The number of hydrogen-bond acceptors (Lipinski definition) is 4. The number of ketones is 1. The lowest BCUT2D eigenvalue weighted by atomic mass is 9.97. The van der Waals surface area contributed by atoms with Crippen molar-refractivity contribution in [3.05, 3.63) is 65.2 Å². The average Bonchev–Trinajstić information content (AvgIpc) is 2.80. The van der Waals surface area contributed by atoms with E-state index in [0.29, 0.717) is 17.8 Å². The van der Waals surface area contributed by atoms with Crippen LogP contribution in [0.2, 0.25) is 0 Å². The molecular weight excluding hydrogens is 402 g/mol. The van der Waals surface area contributed by atoms with Gasteiger partial charge in [-0.15, -0.1) is 0 Å². The van der Waals surface area contributed by atoms with Crippen molar-refractivity contribution < 1.29 is 14.4 Å². The molecule has 3 rings (SSSR count). The number of nitrogens with two attached hydrogens (primary N) is 1. The molecule has 2 aromatic rings. The van der Waals surface area contributed by atoms with Crippen LogP contribution in [0.5, 0.6) is 0 Å². The fourth-order valence-corrected chi connectivity index (χ4v) is 4.12. The van der Waals surface area contributed by atoms with Crippen LogP contribution in [0.25, 0.3) is 0 Å². The summed E-state index contributed by atoms with van der Waals surface area (Å²) in [4.78, 5) is 38.3. The Kier molecular flexibility index (Phi) is 8.56. The number of carbonyl (C=O) groups excluding carboxylic acids is 3. The zero-order valence-electron chi connectivity index (χ0n) is 18.8. The van der Waals surface area contributed by atoms with E-state index in [0.717, 1.165) is 44.3 Å². The van der Waals surface area contributed by atoms with Gasteiger partial charge in [0.05, 0.1) is 5.92 Å². The standard InChI is InChI=1S/C26H33N3O3/c1-2-4-19-6-10-21(11-7-19)24(30)14-15-25(31)28-23-12-8-20(9-13-23)17-29-16-3-5-22(18-29)26(27)32/h6-13,22H,2-5,14-18H2,1H3,(H2,27,32)(H,28,31). The van der Waals surface area contributed by atoms with E-state index in [1.165, 1.54) is 5.56 Å². The van der Waals surface area contributed by atoms with Gasteiger partial charge in [-0.2, -0.15) is 0 Å². The Morgan fingerprint density at radius 3 is 2.34 bits per heavy atom. The smallest absolute Gasteiger partial charge is 0.224 e. The number of anilines is 1. The Balaban J connectivity index is 1.44. The van der Waals surface area contributed by atoms with E-state index < -0.39 is 0 Å². The van der Waals surface area contributed by atoms with Crippen LogP contribution in [0.15, 0.2) is 48.5 Å². The van der Waals surface area contributed by atoms with E-state index >= 15 is 0 Å². The summed E-state index contributed by atoms with van der Waals surface area (Å²) in [5, 5.41) is 2.86. The molecule has 170 valence electrons. The van der Waals surface area contributed by atoms with Gasteiger partial charge in [0.2, 0.25) is 11.8 Å². The molecule has 1 atom stereocenters. The largest absolute Gasteiger partial charge is 0.369 e. The summed E-state index contributed by atoms with van der Waals surface area (Å²) in [7, 11) is 0. The molecule has 0 aliphatic carbocycles. The zero-order chi connectivity index (χ0) is 22.9. The summed E-state index contributed by atoms with van der Waals surface area (Å²) in [5.41, 5.74) is 9.16. The Morgan fingerprint density at radius 1 is 1.00 bits per heavy atom. The van der Waals surface area contributed by atoms with E-state index in [4.69, 9.17) is 5.73 Å². The number of piperidine rings is 1. The van der Waals surface area contributed by atoms with Crippen molar-refractivity contribution in [1.29, 1.82) is 0 Å². The number of aryl methyl sites for hydroxylation is 1. The van der Waals surface area contributed by atoms with E-state index in [2.05, 4.69) is 17.1 Å². The summed E-state index contributed by atoms with van der Waals surface area (Å²) < 4.78 is 0. The minimum absolute atomic E-state index is 0.0191. The monoisotopic (exact) mass is 435 g/mol. The van der Waals surface area contributed by atoms with Gasteiger partial charge in [0.1, 0.15) is 0 Å². The number of benzene rings is 2. The predicted molar refractivity (Wildman–Crippen MR) is 126 cm³/mol. The van der Waals surface area contributed by atoms with Crippen LogP contribution in [0.1, 0.15) is 60.5 Å². The second kappa shape index (κ2) is 11.6. The highest BCUT2D eigenvalue weighted by molar-refractivity contribution is 6.00. The van der Waals surface area contributed by atoms with Crippen molar-refractivity contribution in [3.63, 3.8) is 0 Å². The Labute approximate surface area is 190 Å². The van der Waals surface area contributed by atoms with E-state index in [1.54, 1.807) is 0 Å². The lowest BCUT2D eigenvalue weighted by Gasteiger charge is -2.31. The third-order valence-electron chi connectivity index (χ3n) is 5.95. The minimum Gasteiger partial charge on any atom is -0.369 e. The summed E-state index contributed by atoms with van der Waals surface area (Å²) >= 11 is 0. The Morgan fingerprint density at radius 2 is 1.69 bits per heavy atom. The zero-order valence-corrected chi connectivity index (χ0v) is 18.8. The van der Waals surface area contributed by atoms with Gasteiger partial charge in [-0.1, -0.05) is 49.7 Å². The van der Waals surface area contributed by atoms with Crippen LogP contribution < -0.4 is 11.1 Å². The van der Waals surface area contributed by atoms with Crippen LogP contribution >= 0.6 is 0 Å². The topological polar surface area (TPSA) is 92.5 Å². The first-order valence-electron chi connectivity index (χ1n) is 11.5. The fraction of sp³-hybridized carbons (Fsp3) is 0.423. The quantitative estimate of drug-likeness (QED) is 0.553. The maximum Gasteiger partial charge on any atom is 0.224 e. The minimum atomic E-state index is -0.222. The van der Waals surface area contributed by atoms with Crippen molar-refractivity contribution in [3.8, 4) is 0 Å². The first-order chi connectivity index (χ1) is 15.4. The number of primary amides is 1. The molecule has 2 aromatic carbocycles. The van der Waals surface area contributed by atoms with Gasteiger partial charge in [0, 0.05) is 37.2 Å². The number of rotatable bonds is 10. The number of Topliss-reactive ketones (excluding diaryl/α,β-unsaturated/α-hetero) is 1. The van der Waals surface area contributed by atoms with Gasteiger partial charge in [0.15, 0.2) is 5.78 Å². The number of hydrogen-bond donors (Lipinski definition) is 2. The molecule has 1 unspecified atom stereocenters. The van der Waals surface area contributed by atoms with Crippen LogP contribution in [0.4, 0.5) is 5.69 Å². The third-order valence-corrected chi connectivity index (χ3v) is 5.95. The van der Waals surface area contributed by atoms with Crippen molar-refractivity contribution in [1.82, 2.24) is 4.90 Å². The lowest BCUT2D eigenvalue weighted by Crippen LogP contribution is -2.40. The number of carbonyl (C=O) groups is 3. The highest BCUT2D eigenvalue weighted by Crippen LogP contribution is 2.19. The van der Waals surface area contributed by atoms with Crippen molar-refractivity contribution in [2.75, 3.05) is 18.4 Å². The van der Waals surface area contributed by atoms with Gasteiger partial charge in [-0.25, -0.2) is 0 Å². The number of likely N-dealkylation sites (tertiary alicyclic amines) is 1. The van der Waals surface area contributed by atoms with Crippen molar-refractivity contribution >= 4 is 23.3 Å². The first kappa shape index (κ1) is 23.7. The van der Waals surface area contributed by atoms with Crippen LogP contribution in [0, 0.1) is 5.92 Å². The van der Waals surface area contributed by atoms with Gasteiger partial charge in [-0.05, 0) is 49.1 Å². The summed E-state index contributed by atoms with van der Waals surface area (Å²) in [5.74, 6) is -0.484. The molecule has 1 aliphatic rings. The molecule has 1 heterocycles. The summed E-state index contributed by atoms with van der Waals surface area (Å²) in [6.07, 6.45) is 4.25. The maximum absolute atomic E-state index is 12.4. The molecule has 1 fully saturated rings. The van der Waals surface area contributed by atoms with Gasteiger partial charge in [0.25, 0.3) is 0 Å². The predicted octanol–water partition coefficient (Wildman–Crippen LogP) is 3.94. The molecule has 1 saturated heterocycles. The molecule has 0 saturated carbocycles. The molecule has 0 bridgehead atoms. The highest BCUT2D eigenvalue weighted by atomic mass is 16.2. The number of nitrogens with zero attached hydrogens (tertiary/aromatic N) is 1. The summed E-state index contributed by atoms with van der Waals surface area (Å²) in [6, 6.07) is 15.4. The summed E-state index contributed by atoms with van der Waals surface area (Å²) in [6.45, 7) is 4.53. The molecule has 1 aliphatic heterocycles. The van der Waals surface area contributed by atoms with Crippen LogP contribution in [0.3, 0.4) is 0 Å². The molecular formula is C26H33N3O3. The van der Waals surface area contributed by atoms with Crippen LogP contribution in [-0.2, 0) is 22.6 Å². The molecule has 6 heteroatoms. The average molecular weight is 436 g/mol. The van der Waals surface area contributed by atoms with Gasteiger partial charge < -0.3 is 11.1 Å². The van der Waals surface area contributed by atoms with Crippen molar-refractivity contribution in [2.24, 2.45) is 11.7 Å². The third kappa shape index (κ3) is 7.02. The first-order valence-corrected chi connectivity index (χ1v) is 11.5. The second-order valence-corrected chi connectivity index (χ2v) is 8.59. The number of nitrogens with one attached hydrogen (secondary N) is 1. The van der Waals surface area contributed by atoms with Gasteiger partial charge >= 0.3 is 0 Å². The van der Waals surface area contributed by atoms with E-state index in [-0.39, 0.29) is 36.4 Å². The molecule has 0 spiro atoms. The molecule has 0 radical (unpaired) electrons. The highest BCUT2D eigenvalue weighted by Gasteiger charge is 2.23. The maximum atomic E-state index is 12.4. The van der Waals surface area contributed by atoms with Crippen molar-refractivity contribution in [2.45, 2.75) is 52.0 Å². The molecule has 0 aromatic heterocycles. The van der Waals surface area contributed by atoms with Crippen LogP contribution in [-0.4, -0.2) is 35.6 Å². The lowest BCUT2D eigenvalue weighted by molar-refractivity contribution is -0.123. The van der Waals surface area contributed by atoms with E-state index in [9.17, 15) is 14.4 Å². The molecule has 3 N–H and O–H groups in total. The Bertz CT molecular complexity index is 922.